The normalized spacial score (nSPS) is 10.6. The van der Waals surface area contributed by atoms with Gasteiger partial charge in [-0.05, 0) is 29.8 Å². The molecule has 0 fully saturated rings. The quantitative estimate of drug-likeness (QED) is 0.226. The first-order chi connectivity index (χ1) is 15.5. The highest BCUT2D eigenvalue weighted by Gasteiger charge is 2.13. The number of hydrogen-bond donors (Lipinski definition) is 2. The van der Waals surface area contributed by atoms with Crippen molar-refractivity contribution in [3.05, 3.63) is 86.1 Å². The van der Waals surface area contributed by atoms with Gasteiger partial charge in [0.25, 0.3) is 5.69 Å². The van der Waals surface area contributed by atoms with E-state index < -0.39 is 4.92 Å². The number of aromatic nitrogens is 1. The van der Waals surface area contributed by atoms with Crippen LogP contribution in [-0.2, 0) is 13.2 Å². The van der Waals surface area contributed by atoms with Gasteiger partial charge in [-0.3, -0.25) is 15.1 Å². The number of anilines is 1. The highest BCUT2D eigenvalue weighted by molar-refractivity contribution is 6.33. The predicted molar refractivity (Wildman–Crippen MR) is 125 cm³/mol. The number of halogens is 2. The van der Waals surface area contributed by atoms with Gasteiger partial charge in [-0.1, -0.05) is 29.3 Å². The molecule has 0 amide bonds. The van der Waals surface area contributed by atoms with Gasteiger partial charge in [-0.25, -0.2) is 0 Å². The molecule has 10 heteroatoms. The van der Waals surface area contributed by atoms with Crippen molar-refractivity contribution in [3.63, 3.8) is 0 Å². The third kappa shape index (κ3) is 6.46. The molecule has 2 N–H and O–H groups in total. The smallest absolute Gasteiger partial charge is 0.271 e. The lowest BCUT2D eigenvalue weighted by Crippen LogP contribution is -2.22. The Morgan fingerprint density at radius 2 is 1.94 bits per heavy atom. The minimum atomic E-state index is -0.480. The lowest BCUT2D eigenvalue weighted by Gasteiger charge is -2.15. The standard InChI is InChI=1S/C22H22Cl2N4O4/c1-31-21-10-16(9-19(24)22(21)32-14-15-3-2-6-25-12-15)13-26-7-8-27-20-5-4-17(28(29)30)11-18(20)23/h2-6,9-12,26-27H,7-8,13-14H2,1H3. The molecule has 0 atom stereocenters. The van der Waals surface area contributed by atoms with E-state index in [1.54, 1.807) is 25.6 Å². The van der Waals surface area contributed by atoms with Crippen LogP contribution in [0.25, 0.3) is 0 Å². The summed E-state index contributed by atoms with van der Waals surface area (Å²) >= 11 is 12.5. The Labute approximate surface area is 195 Å². The van der Waals surface area contributed by atoms with Crippen molar-refractivity contribution in [2.24, 2.45) is 0 Å². The Morgan fingerprint density at radius 3 is 2.62 bits per heavy atom. The first-order valence-electron chi connectivity index (χ1n) is 9.74. The predicted octanol–water partition coefficient (Wildman–Crippen LogP) is 5.09. The van der Waals surface area contributed by atoms with Gasteiger partial charge < -0.3 is 20.1 Å². The molecule has 1 aromatic heterocycles. The van der Waals surface area contributed by atoms with Gasteiger partial charge in [0, 0.05) is 49.7 Å². The van der Waals surface area contributed by atoms with E-state index in [2.05, 4.69) is 15.6 Å². The van der Waals surface area contributed by atoms with Crippen molar-refractivity contribution in [2.75, 3.05) is 25.5 Å². The third-order valence-electron chi connectivity index (χ3n) is 4.51. The largest absolute Gasteiger partial charge is 0.493 e. The van der Waals surface area contributed by atoms with E-state index >= 15 is 0 Å². The molecule has 0 unspecified atom stereocenters. The molecule has 1 heterocycles. The first-order valence-corrected chi connectivity index (χ1v) is 10.5. The lowest BCUT2D eigenvalue weighted by molar-refractivity contribution is -0.384. The molecule has 0 aliphatic carbocycles. The van der Waals surface area contributed by atoms with E-state index in [-0.39, 0.29) is 5.69 Å². The van der Waals surface area contributed by atoms with Crippen LogP contribution in [0.3, 0.4) is 0 Å². The van der Waals surface area contributed by atoms with E-state index in [0.717, 1.165) is 11.1 Å². The van der Waals surface area contributed by atoms with Gasteiger partial charge in [0.05, 0.1) is 27.8 Å². The SMILES string of the molecule is COc1cc(CNCCNc2ccc([N+](=O)[O-])cc2Cl)cc(Cl)c1OCc1cccnc1. The molecule has 3 aromatic rings. The van der Waals surface area contributed by atoms with Crippen molar-refractivity contribution in [1.82, 2.24) is 10.3 Å². The first kappa shape index (κ1) is 23.6. The topological polar surface area (TPSA) is 98.5 Å². The summed E-state index contributed by atoms with van der Waals surface area (Å²) in [7, 11) is 1.57. The maximum absolute atomic E-state index is 10.8. The molecular formula is C22H22Cl2N4O4. The number of nitrogens with zero attached hydrogens (tertiary/aromatic N) is 2. The van der Waals surface area contributed by atoms with Gasteiger partial charge >= 0.3 is 0 Å². The Kier molecular flexibility index (Phi) is 8.49. The molecule has 0 aliphatic heterocycles. The molecule has 2 aromatic carbocycles. The van der Waals surface area contributed by atoms with Crippen molar-refractivity contribution < 1.29 is 14.4 Å². The molecular weight excluding hydrogens is 455 g/mol. The van der Waals surface area contributed by atoms with E-state index in [9.17, 15) is 10.1 Å². The highest BCUT2D eigenvalue weighted by Crippen LogP contribution is 2.37. The average molecular weight is 477 g/mol. The van der Waals surface area contributed by atoms with Gasteiger partial charge in [-0.15, -0.1) is 0 Å². The second-order valence-electron chi connectivity index (χ2n) is 6.78. The van der Waals surface area contributed by atoms with Crippen LogP contribution in [0.4, 0.5) is 11.4 Å². The Morgan fingerprint density at radius 1 is 1.09 bits per heavy atom. The second-order valence-corrected chi connectivity index (χ2v) is 7.60. The Bertz CT molecular complexity index is 1070. The summed E-state index contributed by atoms with van der Waals surface area (Å²) in [4.78, 5) is 14.4. The molecule has 32 heavy (non-hydrogen) atoms. The van der Waals surface area contributed by atoms with E-state index in [1.807, 2.05) is 24.3 Å². The molecule has 3 rings (SSSR count). The van der Waals surface area contributed by atoms with E-state index in [0.29, 0.717) is 53.5 Å². The van der Waals surface area contributed by atoms with Crippen LogP contribution in [0.15, 0.2) is 54.9 Å². The number of nitro benzene ring substituents is 1. The number of hydrogen-bond acceptors (Lipinski definition) is 7. The van der Waals surface area contributed by atoms with Crippen molar-refractivity contribution >= 4 is 34.6 Å². The zero-order valence-corrected chi connectivity index (χ0v) is 18.8. The summed E-state index contributed by atoms with van der Waals surface area (Å²) in [6.45, 7) is 2.11. The number of non-ortho nitro benzene ring substituents is 1. The van der Waals surface area contributed by atoms with Gasteiger partial charge in [0.2, 0.25) is 0 Å². The molecule has 0 spiro atoms. The fraction of sp³-hybridized carbons (Fsp3) is 0.227. The Balaban J connectivity index is 1.51. The number of pyridine rings is 1. The molecule has 0 saturated heterocycles. The minimum absolute atomic E-state index is 0.0441. The van der Waals surface area contributed by atoms with Crippen LogP contribution < -0.4 is 20.1 Å². The highest BCUT2D eigenvalue weighted by atomic mass is 35.5. The van der Waals surface area contributed by atoms with Crippen LogP contribution in [0.5, 0.6) is 11.5 Å². The zero-order chi connectivity index (χ0) is 22.9. The van der Waals surface area contributed by atoms with Crippen LogP contribution in [0, 0.1) is 10.1 Å². The van der Waals surface area contributed by atoms with Gasteiger partial charge in [0.1, 0.15) is 6.61 Å². The zero-order valence-electron chi connectivity index (χ0n) is 17.3. The Hall–Kier alpha value is -3.07. The maximum atomic E-state index is 10.8. The van der Waals surface area contributed by atoms with Crippen LogP contribution in [0.1, 0.15) is 11.1 Å². The number of nitrogens with one attached hydrogen (secondary N) is 2. The fourth-order valence-corrected chi connectivity index (χ4v) is 3.46. The summed E-state index contributed by atoms with van der Waals surface area (Å²) in [5.41, 5.74) is 2.46. The summed E-state index contributed by atoms with van der Waals surface area (Å²) in [6.07, 6.45) is 3.44. The molecule has 0 radical (unpaired) electrons. The fourth-order valence-electron chi connectivity index (χ4n) is 2.93. The van der Waals surface area contributed by atoms with Crippen molar-refractivity contribution in [1.29, 1.82) is 0 Å². The van der Waals surface area contributed by atoms with Gasteiger partial charge in [0.15, 0.2) is 11.5 Å². The van der Waals surface area contributed by atoms with Crippen LogP contribution in [-0.4, -0.2) is 30.1 Å². The number of rotatable bonds is 11. The number of benzene rings is 2. The van der Waals surface area contributed by atoms with E-state index in [4.69, 9.17) is 32.7 Å². The third-order valence-corrected chi connectivity index (χ3v) is 5.10. The summed E-state index contributed by atoms with van der Waals surface area (Å²) in [5, 5.41) is 18.0. The summed E-state index contributed by atoms with van der Waals surface area (Å²) in [5.74, 6) is 1.03. The van der Waals surface area contributed by atoms with Crippen molar-refractivity contribution in [2.45, 2.75) is 13.2 Å². The molecule has 8 nitrogen and oxygen atoms in total. The molecule has 0 bridgehead atoms. The van der Waals surface area contributed by atoms with Gasteiger partial charge in [-0.2, -0.15) is 0 Å². The second kappa shape index (κ2) is 11.5. The minimum Gasteiger partial charge on any atom is -0.493 e. The number of methoxy groups -OCH3 is 1. The lowest BCUT2D eigenvalue weighted by atomic mass is 10.2. The maximum Gasteiger partial charge on any atom is 0.271 e. The van der Waals surface area contributed by atoms with Crippen LogP contribution >= 0.6 is 23.2 Å². The molecule has 0 saturated carbocycles. The summed E-state index contributed by atoms with van der Waals surface area (Å²) < 4.78 is 11.3. The van der Waals surface area contributed by atoms with Crippen molar-refractivity contribution in [3.8, 4) is 11.5 Å². The summed E-state index contributed by atoms with van der Waals surface area (Å²) in [6, 6.07) is 11.8. The average Bonchev–Trinajstić information content (AvgIpc) is 2.79. The number of ether oxygens (including phenoxy) is 2. The van der Waals surface area contributed by atoms with E-state index in [1.165, 1.54) is 12.1 Å². The number of nitro groups is 1. The molecule has 168 valence electrons. The molecule has 0 aliphatic rings. The monoisotopic (exact) mass is 476 g/mol. The van der Waals surface area contributed by atoms with Crippen LogP contribution in [0.2, 0.25) is 10.0 Å².